The summed E-state index contributed by atoms with van der Waals surface area (Å²) in [6, 6.07) is 39.4. The van der Waals surface area contributed by atoms with Crippen LogP contribution in [0.25, 0.3) is 0 Å². The van der Waals surface area contributed by atoms with E-state index in [2.05, 4.69) is 128 Å². The largest absolute Gasteiger partial charge is 0.497 e. The Hall–Kier alpha value is -5.35. The van der Waals surface area contributed by atoms with Gasteiger partial charge >= 0.3 is 11.9 Å². The van der Waals surface area contributed by atoms with Crippen molar-refractivity contribution in [2.75, 3.05) is 27.6 Å². The van der Waals surface area contributed by atoms with E-state index >= 15 is 0 Å². The van der Waals surface area contributed by atoms with Crippen molar-refractivity contribution in [3.8, 4) is 5.75 Å². The topological polar surface area (TPSA) is 156 Å². The maximum absolute atomic E-state index is 13.1. The molecule has 0 bridgehead atoms. The van der Waals surface area contributed by atoms with Crippen molar-refractivity contribution in [3.05, 3.63) is 174 Å². The van der Waals surface area contributed by atoms with Crippen LogP contribution in [0.1, 0.15) is 138 Å². The van der Waals surface area contributed by atoms with Crippen molar-refractivity contribution in [2.45, 2.75) is 224 Å². The van der Waals surface area contributed by atoms with E-state index in [0.717, 1.165) is 40.5 Å². The summed E-state index contributed by atoms with van der Waals surface area (Å²) in [5.74, 6) is -2.73. The SMILES string of the molecule is C=C1C[C@H](C[C@@H]2CC(=C)C[C@H](/C=C/C(C)(C)[C@]3(OC)O[C@H](C[C@@H](O[Si](C)(C)C(C)(C)C)[C@@H](C)OCOCc4ccccc4)CC(=CC(=O)O)[C@@H]3OC(C)=O)O2)O[C@H](C[C@H](CCO[Si](c2ccccc2)(c2ccccc2)C(C)(C)C)OCc2ccc(OC)cc2)C1. The lowest BCUT2D eigenvalue weighted by Crippen LogP contribution is -2.66. The average Bonchev–Trinajstić information content (AvgIpc) is 0.765. The predicted molar refractivity (Wildman–Crippen MR) is 360 cm³/mol. The van der Waals surface area contributed by atoms with Crippen molar-refractivity contribution in [1.29, 1.82) is 0 Å². The summed E-state index contributed by atoms with van der Waals surface area (Å²) in [6.45, 7) is 35.4. The van der Waals surface area contributed by atoms with E-state index in [9.17, 15) is 14.7 Å². The van der Waals surface area contributed by atoms with Crippen LogP contribution in [-0.4, -0.2) is 122 Å². The average molecular weight is 1270 g/mol. The van der Waals surface area contributed by atoms with E-state index in [1.54, 1.807) is 7.11 Å². The fourth-order valence-corrected chi connectivity index (χ4v) is 18.8. The number of benzene rings is 4. The van der Waals surface area contributed by atoms with Gasteiger partial charge < -0.3 is 56.6 Å². The molecule has 7 rings (SSSR count). The van der Waals surface area contributed by atoms with Crippen LogP contribution >= 0.6 is 0 Å². The third-order valence-corrected chi connectivity index (χ3v) is 28.0. The molecule has 10 atom stereocenters. The molecule has 0 aromatic heterocycles. The number of ether oxygens (including phenoxy) is 9. The van der Waals surface area contributed by atoms with Crippen LogP contribution in [0.5, 0.6) is 5.75 Å². The van der Waals surface area contributed by atoms with E-state index in [4.69, 9.17) is 51.5 Å². The highest BCUT2D eigenvalue weighted by Gasteiger charge is 2.59. The van der Waals surface area contributed by atoms with Gasteiger partial charge in [-0.3, -0.25) is 4.79 Å². The molecule has 90 heavy (non-hydrogen) atoms. The number of carboxylic acids is 1. The van der Waals surface area contributed by atoms with Gasteiger partial charge in [0.05, 0.1) is 69.2 Å². The van der Waals surface area contributed by atoms with Crippen molar-refractivity contribution in [2.24, 2.45) is 5.41 Å². The van der Waals surface area contributed by atoms with Crippen LogP contribution in [0.4, 0.5) is 0 Å². The molecule has 3 aliphatic rings. The minimum Gasteiger partial charge on any atom is -0.497 e. The van der Waals surface area contributed by atoms with Gasteiger partial charge in [0.25, 0.3) is 8.32 Å². The molecule has 1 N–H and O–H groups in total. The third kappa shape index (κ3) is 19.1. The number of aliphatic carboxylic acids is 1. The van der Waals surface area contributed by atoms with Gasteiger partial charge in [0, 0.05) is 51.4 Å². The minimum absolute atomic E-state index is 0.0299. The van der Waals surface area contributed by atoms with E-state index in [1.807, 2.05) is 87.5 Å². The first-order valence-electron chi connectivity index (χ1n) is 32.1. The highest BCUT2D eigenvalue weighted by Crippen LogP contribution is 2.50. The first kappa shape index (κ1) is 72.1. The van der Waals surface area contributed by atoms with Gasteiger partial charge in [0.1, 0.15) is 12.5 Å². The maximum Gasteiger partial charge on any atom is 0.328 e. The number of esters is 1. The molecule has 3 fully saturated rings. The van der Waals surface area contributed by atoms with E-state index in [1.165, 1.54) is 24.4 Å². The third-order valence-electron chi connectivity index (χ3n) is 18.5. The standard InChI is InChI=1S/C74H104O14Si2/c1-52-40-61(36-38-73(11,12)74(79-14)70(84-55(4)75)58(45-69(76)77)44-65(87-74)48-68(88-89(15,16)71(5,6)7)54(3)82-51-80-49-56-26-20-17-21-27-56)85-63(41-52)47-64-43-53(2)42-62(86-64)46-60(81-50-57-32-34-59(78-13)35-33-57)37-39-83-90(72(8,9)10,66-28-22-18-23-29-66)67-30-24-19-25-31-67/h17-36,38,45,54,60-65,68,70H,1-2,37,39-44,46-51H2,3-16H3,(H,76,77)/b38-36+,58-45?/t54-,60+,61+,62+,63+,64-,65+,68-,70+,74-/m1/s1. The van der Waals surface area contributed by atoms with Crippen LogP contribution in [0.3, 0.4) is 0 Å². The Morgan fingerprint density at radius 1 is 0.711 bits per heavy atom. The molecule has 14 nitrogen and oxygen atoms in total. The van der Waals surface area contributed by atoms with E-state index in [-0.39, 0.29) is 53.8 Å². The first-order valence-corrected chi connectivity index (χ1v) is 37.0. The minimum atomic E-state index is -2.81. The van der Waals surface area contributed by atoms with Gasteiger partial charge in [-0.2, -0.15) is 0 Å². The van der Waals surface area contributed by atoms with E-state index < -0.39 is 64.2 Å². The Morgan fingerprint density at radius 2 is 1.29 bits per heavy atom. The van der Waals surface area contributed by atoms with E-state index in [0.29, 0.717) is 70.3 Å². The van der Waals surface area contributed by atoms with Gasteiger partial charge in [-0.25, -0.2) is 4.79 Å². The second-order valence-electron chi connectivity index (χ2n) is 28.0. The number of rotatable bonds is 30. The van der Waals surface area contributed by atoms with Crippen LogP contribution in [0.15, 0.2) is 163 Å². The van der Waals surface area contributed by atoms with Gasteiger partial charge in [0.2, 0.25) is 5.79 Å². The molecular formula is C74H104O14Si2. The quantitative estimate of drug-likeness (QED) is 0.0131. The molecule has 0 amide bonds. The number of carbonyl (C=O) groups excluding carboxylic acids is 1. The van der Waals surface area contributed by atoms with Crippen LogP contribution in [0.2, 0.25) is 23.2 Å². The molecule has 3 saturated heterocycles. The fourth-order valence-electron chi connectivity index (χ4n) is 12.8. The zero-order valence-corrected chi connectivity index (χ0v) is 58.3. The Bertz CT molecular complexity index is 2950. The molecule has 4 aromatic rings. The van der Waals surface area contributed by atoms with Crippen molar-refractivity contribution >= 4 is 38.9 Å². The second-order valence-corrected chi connectivity index (χ2v) is 37.0. The predicted octanol–water partition coefficient (Wildman–Crippen LogP) is 14.6. The number of hydrogen-bond donors (Lipinski definition) is 1. The lowest BCUT2D eigenvalue weighted by atomic mass is 9.73. The summed E-state index contributed by atoms with van der Waals surface area (Å²) < 4.78 is 73.1. The Kier molecular flexibility index (Phi) is 25.6. The molecule has 0 radical (unpaired) electrons. The van der Waals surface area contributed by atoms with Gasteiger partial charge in [0.15, 0.2) is 14.4 Å². The van der Waals surface area contributed by atoms with Crippen molar-refractivity contribution < 1.29 is 66.2 Å². The van der Waals surface area contributed by atoms with Crippen LogP contribution in [0, 0.1) is 5.41 Å². The highest BCUT2D eigenvalue weighted by molar-refractivity contribution is 6.99. The summed E-state index contributed by atoms with van der Waals surface area (Å²) >= 11 is 0. The summed E-state index contributed by atoms with van der Waals surface area (Å²) in [5.41, 5.74) is 3.52. The number of carbonyl (C=O) groups is 2. The summed E-state index contributed by atoms with van der Waals surface area (Å²) in [6.07, 6.45) is 6.21. The monoisotopic (exact) mass is 1270 g/mol. The van der Waals surface area contributed by atoms with Crippen molar-refractivity contribution in [3.63, 3.8) is 0 Å². The molecule has 3 heterocycles. The second kappa shape index (κ2) is 32.0. The number of hydrogen-bond acceptors (Lipinski definition) is 13. The first-order chi connectivity index (χ1) is 42.6. The molecule has 16 heteroatoms. The van der Waals surface area contributed by atoms with Crippen LogP contribution < -0.4 is 15.1 Å². The molecule has 492 valence electrons. The molecule has 3 aliphatic heterocycles. The van der Waals surface area contributed by atoms with Crippen LogP contribution in [-0.2, 0) is 69.5 Å². The highest BCUT2D eigenvalue weighted by atomic mass is 28.4. The zero-order valence-electron chi connectivity index (χ0n) is 56.3. The summed E-state index contributed by atoms with van der Waals surface area (Å²) in [4.78, 5) is 25.8. The fraction of sp³-hybridized carbons (Fsp3) is 0.541. The molecule has 0 aliphatic carbocycles. The van der Waals surface area contributed by atoms with Gasteiger partial charge in [-0.05, 0) is 108 Å². The Labute approximate surface area is 539 Å². The molecule has 0 saturated carbocycles. The van der Waals surface area contributed by atoms with Crippen molar-refractivity contribution in [1.82, 2.24) is 0 Å². The molecule has 0 unspecified atom stereocenters. The summed E-state index contributed by atoms with van der Waals surface area (Å²) in [7, 11) is -2.07. The van der Waals surface area contributed by atoms with Gasteiger partial charge in [-0.1, -0.05) is 195 Å². The zero-order chi connectivity index (χ0) is 65.5. The number of carboxylic acid groups (broad SMARTS) is 1. The lowest BCUT2D eigenvalue weighted by molar-refractivity contribution is -0.338. The number of methoxy groups -OCH3 is 2. The summed E-state index contributed by atoms with van der Waals surface area (Å²) in [5, 5.41) is 12.5. The Balaban J connectivity index is 1.08. The molecular weight excluding hydrogens is 1170 g/mol. The molecule has 0 spiro atoms. The maximum atomic E-state index is 13.1. The molecule has 4 aromatic carbocycles. The van der Waals surface area contributed by atoms with Gasteiger partial charge in [-0.15, -0.1) is 0 Å². The lowest BCUT2D eigenvalue weighted by Gasteiger charge is -2.53. The Morgan fingerprint density at radius 3 is 1.86 bits per heavy atom. The normalized spacial score (nSPS) is 23.8. The smallest absolute Gasteiger partial charge is 0.328 e.